The molecule has 0 atom stereocenters. The third kappa shape index (κ3) is 4.06. The van der Waals surface area contributed by atoms with Gasteiger partial charge in [-0.1, -0.05) is 39.8 Å². The van der Waals surface area contributed by atoms with Crippen molar-refractivity contribution in [2.24, 2.45) is 5.92 Å². The van der Waals surface area contributed by atoms with Crippen LogP contribution in [0, 0.1) is 12.8 Å². The molecule has 0 amide bonds. The van der Waals surface area contributed by atoms with Crippen molar-refractivity contribution in [2.75, 3.05) is 0 Å². The van der Waals surface area contributed by atoms with Crippen LogP contribution >= 0.6 is 0 Å². The lowest BCUT2D eigenvalue weighted by Crippen LogP contribution is -2.12. The minimum atomic E-state index is 0.453. The van der Waals surface area contributed by atoms with E-state index in [1.54, 1.807) is 6.33 Å². The van der Waals surface area contributed by atoms with Gasteiger partial charge in [0.25, 0.3) is 0 Å². The largest absolute Gasteiger partial charge is 0.485 e. The lowest BCUT2D eigenvalue weighted by Gasteiger charge is -2.13. The second-order valence-corrected chi connectivity index (χ2v) is 6.22. The zero-order chi connectivity index (χ0) is 15.4. The van der Waals surface area contributed by atoms with Crippen LogP contribution < -0.4 is 4.74 Å². The molecular weight excluding hydrogens is 262 g/mol. The third-order valence-corrected chi connectivity index (χ3v) is 3.47. The lowest BCUT2D eigenvalue weighted by molar-refractivity contribution is 0.280. The fourth-order valence-corrected chi connectivity index (χ4v) is 2.17. The molecule has 2 aromatic rings. The maximum absolute atomic E-state index is 5.97. The van der Waals surface area contributed by atoms with Crippen LogP contribution in [0.25, 0.3) is 0 Å². The molecule has 0 aliphatic heterocycles. The Kier molecular flexibility index (Phi) is 4.99. The minimum Gasteiger partial charge on any atom is -0.485 e. The van der Waals surface area contributed by atoms with Crippen molar-refractivity contribution in [3.63, 3.8) is 0 Å². The van der Waals surface area contributed by atoms with Crippen molar-refractivity contribution >= 4 is 0 Å². The first kappa shape index (κ1) is 15.5. The Hall–Kier alpha value is -1.84. The van der Waals surface area contributed by atoms with Gasteiger partial charge in [-0.2, -0.15) is 5.10 Å². The summed E-state index contributed by atoms with van der Waals surface area (Å²) in [5, 5.41) is 4.26. The van der Waals surface area contributed by atoms with E-state index >= 15 is 0 Å². The van der Waals surface area contributed by atoms with E-state index in [1.165, 1.54) is 5.56 Å². The van der Waals surface area contributed by atoms with Crippen LogP contribution in [0.5, 0.6) is 5.75 Å². The maximum atomic E-state index is 5.97. The molecule has 1 aromatic carbocycles. The van der Waals surface area contributed by atoms with Crippen LogP contribution in [-0.4, -0.2) is 14.8 Å². The summed E-state index contributed by atoms with van der Waals surface area (Å²) in [6.07, 6.45) is 1.60. The zero-order valence-corrected chi connectivity index (χ0v) is 13.6. The number of hydrogen-bond donors (Lipinski definition) is 0. The van der Waals surface area contributed by atoms with Gasteiger partial charge in [-0.25, -0.2) is 9.67 Å². The Bertz CT molecular complexity index is 587. The number of benzene rings is 1. The van der Waals surface area contributed by atoms with Gasteiger partial charge in [0.15, 0.2) is 5.82 Å². The summed E-state index contributed by atoms with van der Waals surface area (Å²) in [5.41, 5.74) is 2.44. The monoisotopic (exact) mass is 287 g/mol. The predicted molar refractivity (Wildman–Crippen MR) is 84.5 cm³/mol. The summed E-state index contributed by atoms with van der Waals surface area (Å²) >= 11 is 0. The molecular formula is C17H25N3O. The maximum Gasteiger partial charge on any atom is 0.164 e. The minimum absolute atomic E-state index is 0.453. The molecule has 21 heavy (non-hydrogen) atoms. The van der Waals surface area contributed by atoms with Gasteiger partial charge >= 0.3 is 0 Å². The fourth-order valence-electron chi connectivity index (χ4n) is 2.17. The molecule has 0 unspecified atom stereocenters. The van der Waals surface area contributed by atoms with Gasteiger partial charge in [0, 0.05) is 6.54 Å². The molecule has 114 valence electrons. The molecule has 1 aromatic heterocycles. The van der Waals surface area contributed by atoms with E-state index in [4.69, 9.17) is 4.74 Å². The van der Waals surface area contributed by atoms with Gasteiger partial charge in [-0.3, -0.25) is 0 Å². The summed E-state index contributed by atoms with van der Waals surface area (Å²) in [6.45, 7) is 12.1. The average molecular weight is 287 g/mol. The highest BCUT2D eigenvalue weighted by Crippen LogP contribution is 2.24. The first-order valence-corrected chi connectivity index (χ1v) is 7.57. The number of aromatic nitrogens is 3. The summed E-state index contributed by atoms with van der Waals surface area (Å²) in [6, 6.07) is 6.40. The Morgan fingerprint density at radius 3 is 2.62 bits per heavy atom. The van der Waals surface area contributed by atoms with Gasteiger partial charge in [-0.05, 0) is 36.0 Å². The third-order valence-electron chi connectivity index (χ3n) is 3.47. The van der Waals surface area contributed by atoms with Crippen LogP contribution in [0.2, 0.25) is 0 Å². The van der Waals surface area contributed by atoms with E-state index in [-0.39, 0.29) is 0 Å². The first-order chi connectivity index (χ1) is 9.97. The highest BCUT2D eigenvalue weighted by molar-refractivity contribution is 5.37. The van der Waals surface area contributed by atoms with Crippen molar-refractivity contribution in [1.29, 1.82) is 0 Å². The molecule has 0 aliphatic rings. The highest BCUT2D eigenvalue weighted by Gasteiger charge is 2.09. The van der Waals surface area contributed by atoms with Crippen LogP contribution in [0.3, 0.4) is 0 Å². The average Bonchev–Trinajstić information content (AvgIpc) is 2.84. The van der Waals surface area contributed by atoms with Crippen LogP contribution in [0.1, 0.15) is 50.6 Å². The van der Waals surface area contributed by atoms with Gasteiger partial charge in [0.1, 0.15) is 18.7 Å². The van der Waals surface area contributed by atoms with Crippen molar-refractivity contribution in [3.8, 4) is 5.75 Å². The van der Waals surface area contributed by atoms with Crippen LogP contribution in [0.4, 0.5) is 0 Å². The molecule has 0 saturated carbocycles. The SMILES string of the molecule is Cc1ccc(C(C)C)cc1OCc1ncnn1CC(C)C. The van der Waals surface area contributed by atoms with Gasteiger partial charge < -0.3 is 4.74 Å². The van der Waals surface area contributed by atoms with E-state index in [0.717, 1.165) is 23.7 Å². The number of hydrogen-bond acceptors (Lipinski definition) is 3. The molecule has 0 saturated heterocycles. The molecule has 4 heteroatoms. The summed E-state index contributed by atoms with van der Waals surface area (Å²) in [7, 11) is 0. The molecule has 0 spiro atoms. The molecule has 0 radical (unpaired) electrons. The molecule has 0 N–H and O–H groups in total. The number of ether oxygens (including phenoxy) is 1. The normalized spacial score (nSPS) is 11.4. The highest BCUT2D eigenvalue weighted by atomic mass is 16.5. The van der Waals surface area contributed by atoms with Crippen molar-refractivity contribution in [2.45, 2.75) is 53.7 Å². The topological polar surface area (TPSA) is 39.9 Å². The van der Waals surface area contributed by atoms with Gasteiger partial charge in [-0.15, -0.1) is 0 Å². The summed E-state index contributed by atoms with van der Waals surface area (Å²) in [4.78, 5) is 4.30. The molecule has 4 nitrogen and oxygen atoms in total. The Labute approximate surface area is 127 Å². The molecule has 0 aliphatic carbocycles. The van der Waals surface area contributed by atoms with E-state index in [9.17, 15) is 0 Å². The Morgan fingerprint density at radius 1 is 1.19 bits per heavy atom. The first-order valence-electron chi connectivity index (χ1n) is 7.57. The molecule has 2 rings (SSSR count). The van der Waals surface area contributed by atoms with Crippen molar-refractivity contribution < 1.29 is 4.74 Å². The predicted octanol–water partition coefficient (Wildman–Crippen LogP) is 3.94. The van der Waals surface area contributed by atoms with E-state index < -0.39 is 0 Å². The smallest absolute Gasteiger partial charge is 0.164 e. The Balaban J connectivity index is 2.09. The van der Waals surface area contributed by atoms with Gasteiger partial charge in [0.05, 0.1) is 0 Å². The zero-order valence-electron chi connectivity index (χ0n) is 13.6. The van der Waals surface area contributed by atoms with E-state index in [2.05, 4.69) is 62.9 Å². The van der Waals surface area contributed by atoms with E-state index in [1.807, 2.05) is 4.68 Å². The summed E-state index contributed by atoms with van der Waals surface area (Å²) in [5.74, 6) is 2.84. The number of nitrogens with zero attached hydrogens (tertiary/aromatic N) is 3. The second kappa shape index (κ2) is 6.74. The lowest BCUT2D eigenvalue weighted by atomic mass is 10.0. The number of rotatable bonds is 6. The molecule has 0 bridgehead atoms. The molecule has 1 heterocycles. The summed E-state index contributed by atoms with van der Waals surface area (Å²) < 4.78 is 7.89. The van der Waals surface area contributed by atoms with Gasteiger partial charge in [0.2, 0.25) is 0 Å². The standard InChI is InChI=1S/C17H25N3O/c1-12(2)9-20-17(18-11-19-20)10-21-16-8-15(13(3)4)7-6-14(16)5/h6-8,11-13H,9-10H2,1-5H3. The second-order valence-electron chi connectivity index (χ2n) is 6.22. The Morgan fingerprint density at radius 2 is 1.95 bits per heavy atom. The van der Waals surface area contributed by atoms with Crippen LogP contribution in [0.15, 0.2) is 24.5 Å². The molecule has 0 fully saturated rings. The number of aryl methyl sites for hydroxylation is 1. The van der Waals surface area contributed by atoms with Crippen molar-refractivity contribution in [1.82, 2.24) is 14.8 Å². The fraction of sp³-hybridized carbons (Fsp3) is 0.529. The van der Waals surface area contributed by atoms with Crippen LogP contribution in [-0.2, 0) is 13.2 Å². The van der Waals surface area contributed by atoms with E-state index in [0.29, 0.717) is 18.4 Å². The quantitative estimate of drug-likeness (QED) is 0.807. The van der Waals surface area contributed by atoms with Crippen molar-refractivity contribution in [3.05, 3.63) is 41.5 Å².